The molecule has 1 aromatic rings. The van der Waals surface area contributed by atoms with Gasteiger partial charge in [-0.3, -0.25) is 0 Å². The van der Waals surface area contributed by atoms with Crippen LogP contribution in [0.5, 0.6) is 5.75 Å². The minimum absolute atomic E-state index is 0.204. The summed E-state index contributed by atoms with van der Waals surface area (Å²) in [6, 6.07) is 6.33. The van der Waals surface area contributed by atoms with Crippen molar-refractivity contribution in [2.24, 2.45) is 5.41 Å². The summed E-state index contributed by atoms with van der Waals surface area (Å²) in [5.74, 6) is 0.948. The first-order valence-corrected chi connectivity index (χ1v) is 6.64. The molecule has 1 aliphatic rings. The lowest BCUT2D eigenvalue weighted by atomic mass is 10.1. The van der Waals surface area contributed by atoms with Crippen molar-refractivity contribution in [3.8, 4) is 5.75 Å². The first-order chi connectivity index (χ1) is 8.69. The molecule has 0 bridgehead atoms. The molecule has 0 aromatic heterocycles. The molecule has 0 unspecified atom stereocenters. The van der Waals surface area contributed by atoms with E-state index in [-0.39, 0.29) is 5.41 Å². The third kappa shape index (κ3) is 3.24. The molecular weight excluding hydrogens is 226 g/mol. The summed E-state index contributed by atoms with van der Waals surface area (Å²) in [6.45, 7) is 4.30. The van der Waals surface area contributed by atoms with Crippen LogP contribution in [-0.2, 0) is 6.42 Å². The maximum atomic E-state index is 9.21. The molecule has 0 atom stereocenters. The Kier molecular flexibility index (Phi) is 4.25. The summed E-state index contributed by atoms with van der Waals surface area (Å²) in [6.07, 6.45) is 3.35. The van der Waals surface area contributed by atoms with Gasteiger partial charge in [-0.25, -0.2) is 0 Å². The van der Waals surface area contributed by atoms with Crippen molar-refractivity contribution in [2.45, 2.75) is 26.2 Å². The van der Waals surface area contributed by atoms with Gasteiger partial charge in [-0.1, -0.05) is 12.1 Å². The molecule has 100 valence electrons. The SMILES string of the molecule is COc1ccc(CCNCC2(CO)CC2)cc1C. The highest BCUT2D eigenvalue weighted by atomic mass is 16.5. The predicted octanol–water partition coefficient (Wildman–Crippen LogP) is 1.91. The van der Waals surface area contributed by atoms with Crippen molar-refractivity contribution in [3.63, 3.8) is 0 Å². The molecule has 2 N–H and O–H groups in total. The molecule has 18 heavy (non-hydrogen) atoms. The number of aliphatic hydroxyl groups excluding tert-OH is 1. The Hall–Kier alpha value is -1.06. The summed E-state index contributed by atoms with van der Waals surface area (Å²) in [5, 5.41) is 12.7. The zero-order chi connectivity index (χ0) is 13.0. The Morgan fingerprint density at radius 1 is 1.39 bits per heavy atom. The average Bonchev–Trinajstić information content (AvgIpc) is 3.16. The van der Waals surface area contributed by atoms with Crippen LogP contribution in [0.15, 0.2) is 18.2 Å². The van der Waals surface area contributed by atoms with Crippen LogP contribution in [0.25, 0.3) is 0 Å². The van der Waals surface area contributed by atoms with Crippen LogP contribution in [0.1, 0.15) is 24.0 Å². The largest absolute Gasteiger partial charge is 0.496 e. The lowest BCUT2D eigenvalue weighted by Crippen LogP contribution is -2.28. The van der Waals surface area contributed by atoms with Gasteiger partial charge in [0.1, 0.15) is 5.75 Å². The topological polar surface area (TPSA) is 41.5 Å². The second-order valence-electron chi connectivity index (χ2n) is 5.39. The highest BCUT2D eigenvalue weighted by molar-refractivity contribution is 5.36. The van der Waals surface area contributed by atoms with E-state index in [1.54, 1.807) is 7.11 Å². The number of nitrogens with one attached hydrogen (secondary N) is 1. The highest BCUT2D eigenvalue weighted by Gasteiger charge is 2.41. The standard InChI is InChI=1S/C15H23NO2/c1-12-9-13(3-4-14(12)18-2)5-8-16-10-15(11-17)6-7-15/h3-4,9,16-17H,5-8,10-11H2,1-2H3. The number of aliphatic hydroxyl groups is 1. The number of methoxy groups -OCH3 is 1. The monoisotopic (exact) mass is 249 g/mol. The molecule has 2 rings (SSSR count). The third-order valence-corrected chi connectivity index (χ3v) is 3.84. The van der Waals surface area contributed by atoms with E-state index in [9.17, 15) is 5.11 Å². The number of hydrogen-bond acceptors (Lipinski definition) is 3. The van der Waals surface area contributed by atoms with Gasteiger partial charge in [0.25, 0.3) is 0 Å². The summed E-state index contributed by atoms with van der Waals surface area (Å²) >= 11 is 0. The van der Waals surface area contributed by atoms with Crippen molar-refractivity contribution in [1.29, 1.82) is 0 Å². The Morgan fingerprint density at radius 2 is 2.17 bits per heavy atom. The minimum Gasteiger partial charge on any atom is -0.496 e. The molecule has 0 heterocycles. The summed E-state index contributed by atoms with van der Waals surface area (Å²) in [4.78, 5) is 0. The zero-order valence-electron chi connectivity index (χ0n) is 11.3. The maximum Gasteiger partial charge on any atom is 0.121 e. The van der Waals surface area contributed by atoms with Crippen molar-refractivity contribution >= 4 is 0 Å². The third-order valence-electron chi connectivity index (χ3n) is 3.84. The molecule has 0 saturated heterocycles. The maximum absolute atomic E-state index is 9.21. The van der Waals surface area contributed by atoms with Crippen molar-refractivity contribution in [2.75, 3.05) is 26.8 Å². The van der Waals surface area contributed by atoms with Gasteiger partial charge in [-0.2, -0.15) is 0 Å². The van der Waals surface area contributed by atoms with E-state index in [1.165, 1.54) is 11.1 Å². The molecule has 0 amide bonds. The number of aryl methyl sites for hydroxylation is 1. The smallest absolute Gasteiger partial charge is 0.121 e. The van der Waals surface area contributed by atoms with Gasteiger partial charge < -0.3 is 15.2 Å². The fraction of sp³-hybridized carbons (Fsp3) is 0.600. The Labute approximate surface area is 109 Å². The van der Waals surface area contributed by atoms with E-state index < -0.39 is 0 Å². The molecule has 1 aromatic carbocycles. The molecule has 3 nitrogen and oxygen atoms in total. The van der Waals surface area contributed by atoms with Gasteiger partial charge in [-0.15, -0.1) is 0 Å². The lowest BCUT2D eigenvalue weighted by molar-refractivity contribution is 0.208. The summed E-state index contributed by atoms with van der Waals surface area (Å²) in [7, 11) is 1.70. The number of benzene rings is 1. The van der Waals surface area contributed by atoms with Crippen LogP contribution in [0.2, 0.25) is 0 Å². The van der Waals surface area contributed by atoms with Crippen molar-refractivity contribution in [1.82, 2.24) is 5.32 Å². The summed E-state index contributed by atoms with van der Waals surface area (Å²) < 4.78 is 5.25. The molecular formula is C15H23NO2. The number of hydrogen-bond donors (Lipinski definition) is 2. The van der Waals surface area contributed by atoms with E-state index >= 15 is 0 Å². The van der Waals surface area contributed by atoms with Crippen LogP contribution in [0, 0.1) is 12.3 Å². The Balaban J connectivity index is 1.75. The van der Waals surface area contributed by atoms with E-state index in [0.717, 1.165) is 38.1 Å². The molecule has 1 fully saturated rings. The van der Waals surface area contributed by atoms with E-state index in [1.807, 2.05) is 6.07 Å². The first kappa shape index (κ1) is 13.4. The molecule has 0 radical (unpaired) electrons. The lowest BCUT2D eigenvalue weighted by Gasteiger charge is -2.13. The van der Waals surface area contributed by atoms with E-state index in [2.05, 4.69) is 24.4 Å². The van der Waals surface area contributed by atoms with Crippen LogP contribution in [0.4, 0.5) is 0 Å². The van der Waals surface area contributed by atoms with Gasteiger partial charge in [0.15, 0.2) is 0 Å². The Morgan fingerprint density at radius 3 is 2.72 bits per heavy atom. The predicted molar refractivity (Wildman–Crippen MR) is 73.1 cm³/mol. The zero-order valence-corrected chi connectivity index (χ0v) is 11.3. The number of rotatable bonds is 7. The second-order valence-corrected chi connectivity index (χ2v) is 5.39. The normalized spacial score (nSPS) is 16.6. The van der Waals surface area contributed by atoms with Crippen molar-refractivity contribution < 1.29 is 9.84 Å². The van der Waals surface area contributed by atoms with Crippen LogP contribution in [-0.4, -0.2) is 31.9 Å². The average molecular weight is 249 g/mol. The van der Waals surface area contributed by atoms with Gasteiger partial charge in [0.2, 0.25) is 0 Å². The van der Waals surface area contributed by atoms with Crippen LogP contribution < -0.4 is 10.1 Å². The van der Waals surface area contributed by atoms with Gasteiger partial charge in [-0.05, 0) is 49.9 Å². The molecule has 3 heteroatoms. The highest BCUT2D eigenvalue weighted by Crippen LogP contribution is 2.44. The van der Waals surface area contributed by atoms with Crippen molar-refractivity contribution in [3.05, 3.63) is 29.3 Å². The fourth-order valence-corrected chi connectivity index (χ4v) is 2.25. The van der Waals surface area contributed by atoms with E-state index in [4.69, 9.17) is 4.74 Å². The summed E-state index contributed by atoms with van der Waals surface area (Å²) in [5.41, 5.74) is 2.72. The van der Waals surface area contributed by atoms with Gasteiger partial charge >= 0.3 is 0 Å². The molecule has 1 aliphatic carbocycles. The van der Waals surface area contributed by atoms with E-state index in [0.29, 0.717) is 6.61 Å². The Bertz CT molecular complexity index is 399. The van der Waals surface area contributed by atoms with Gasteiger partial charge in [0, 0.05) is 18.6 Å². The van der Waals surface area contributed by atoms with Gasteiger partial charge in [0.05, 0.1) is 7.11 Å². The first-order valence-electron chi connectivity index (χ1n) is 6.64. The number of ether oxygens (including phenoxy) is 1. The molecule has 0 spiro atoms. The second kappa shape index (κ2) is 5.72. The van der Waals surface area contributed by atoms with Crippen LogP contribution in [0.3, 0.4) is 0 Å². The van der Waals surface area contributed by atoms with Crippen LogP contribution >= 0.6 is 0 Å². The fourth-order valence-electron chi connectivity index (χ4n) is 2.25. The molecule has 0 aliphatic heterocycles. The minimum atomic E-state index is 0.204. The molecule has 1 saturated carbocycles. The quantitative estimate of drug-likeness (QED) is 0.725.